The van der Waals surface area contributed by atoms with Crippen LogP contribution in [0.3, 0.4) is 0 Å². The highest BCUT2D eigenvalue weighted by molar-refractivity contribution is 7.00. The fourth-order valence-electron chi connectivity index (χ4n) is 1.85. The summed E-state index contributed by atoms with van der Waals surface area (Å²) in [6, 6.07) is 3.74. The molecular weight excluding hydrogens is 258 g/mol. The maximum Gasteiger partial charge on any atom is 0.129 e. The van der Waals surface area contributed by atoms with Crippen LogP contribution in [0.15, 0.2) is 12.1 Å². The third-order valence-corrected chi connectivity index (χ3v) is 3.83. The molecule has 0 atom stereocenters. The molecule has 90 valence electrons. The Balaban J connectivity index is 1.88. The number of nitrogens with zero attached hydrogens (tertiary/aromatic N) is 2. The molecule has 0 spiro atoms. The molecule has 1 aromatic heterocycles. The van der Waals surface area contributed by atoms with E-state index in [9.17, 15) is 0 Å². The number of anilines is 1. The zero-order valence-corrected chi connectivity index (χ0v) is 10.9. The number of hydrogen-bond donors (Lipinski definition) is 1. The van der Waals surface area contributed by atoms with Crippen LogP contribution in [-0.2, 0) is 4.74 Å². The topological polar surface area (TPSA) is 47.0 Å². The van der Waals surface area contributed by atoms with E-state index in [1.807, 2.05) is 12.1 Å². The molecule has 1 saturated heterocycles. The fourth-order valence-corrected chi connectivity index (χ4v) is 2.61. The van der Waals surface area contributed by atoms with Gasteiger partial charge >= 0.3 is 0 Å². The lowest BCUT2D eigenvalue weighted by Crippen LogP contribution is -2.45. The lowest BCUT2D eigenvalue weighted by molar-refractivity contribution is -0.0924. The van der Waals surface area contributed by atoms with Gasteiger partial charge in [0.05, 0.1) is 35.7 Å². The van der Waals surface area contributed by atoms with Crippen molar-refractivity contribution in [2.45, 2.75) is 6.92 Å². The summed E-state index contributed by atoms with van der Waals surface area (Å²) in [7, 11) is 0. The monoisotopic (exact) mass is 269 g/mol. The summed E-state index contributed by atoms with van der Waals surface area (Å²) in [5.74, 6) is 0. The van der Waals surface area contributed by atoms with Crippen LogP contribution in [0.5, 0.6) is 0 Å². The minimum atomic E-state index is 0.203. The number of ether oxygens (including phenoxy) is 1. The van der Waals surface area contributed by atoms with Crippen LogP contribution in [-0.4, -0.2) is 28.5 Å². The van der Waals surface area contributed by atoms with Crippen molar-refractivity contribution in [2.75, 3.05) is 25.1 Å². The molecule has 1 aliphatic heterocycles. The third kappa shape index (κ3) is 1.99. The average Bonchev–Trinajstić information content (AvgIpc) is 2.73. The molecule has 1 aliphatic rings. The number of nitrogens with one attached hydrogen (secondary N) is 1. The number of benzene rings is 1. The lowest BCUT2D eigenvalue weighted by atomic mass is 9.88. The van der Waals surface area contributed by atoms with Gasteiger partial charge in [-0.1, -0.05) is 18.5 Å². The normalized spacial score (nSPS) is 18.0. The van der Waals surface area contributed by atoms with Crippen molar-refractivity contribution < 1.29 is 4.74 Å². The van der Waals surface area contributed by atoms with Crippen LogP contribution in [0.4, 0.5) is 5.69 Å². The van der Waals surface area contributed by atoms with Crippen LogP contribution in [0.2, 0.25) is 5.02 Å². The summed E-state index contributed by atoms with van der Waals surface area (Å²) in [6.07, 6.45) is 0. The molecule has 2 aromatic rings. The SMILES string of the molecule is CC1(CNc2c(Cl)ccc3nsnc23)COC1. The second-order valence-corrected chi connectivity index (χ2v) is 5.65. The fraction of sp³-hybridized carbons (Fsp3) is 0.455. The maximum absolute atomic E-state index is 6.19. The Hall–Kier alpha value is -0.910. The zero-order valence-electron chi connectivity index (χ0n) is 9.36. The minimum absolute atomic E-state index is 0.203. The molecule has 17 heavy (non-hydrogen) atoms. The zero-order chi connectivity index (χ0) is 11.9. The molecular formula is C11H12ClN3OS. The highest BCUT2D eigenvalue weighted by atomic mass is 35.5. The second kappa shape index (κ2) is 4.08. The second-order valence-electron chi connectivity index (χ2n) is 4.71. The summed E-state index contributed by atoms with van der Waals surface area (Å²) < 4.78 is 13.7. The molecule has 0 bridgehead atoms. The van der Waals surface area contributed by atoms with E-state index < -0.39 is 0 Å². The Morgan fingerprint density at radius 3 is 3.00 bits per heavy atom. The Morgan fingerprint density at radius 2 is 2.29 bits per heavy atom. The van der Waals surface area contributed by atoms with E-state index in [0.29, 0.717) is 5.02 Å². The van der Waals surface area contributed by atoms with Crippen LogP contribution in [0.1, 0.15) is 6.92 Å². The van der Waals surface area contributed by atoms with Gasteiger partial charge in [0.25, 0.3) is 0 Å². The van der Waals surface area contributed by atoms with Crippen molar-refractivity contribution in [1.82, 2.24) is 8.75 Å². The van der Waals surface area contributed by atoms with Crippen LogP contribution in [0, 0.1) is 5.41 Å². The van der Waals surface area contributed by atoms with E-state index in [2.05, 4.69) is 21.0 Å². The van der Waals surface area contributed by atoms with Crippen LogP contribution < -0.4 is 5.32 Å². The van der Waals surface area contributed by atoms with Gasteiger partial charge < -0.3 is 10.1 Å². The first-order valence-electron chi connectivity index (χ1n) is 5.40. The number of hydrogen-bond acceptors (Lipinski definition) is 5. The minimum Gasteiger partial charge on any atom is -0.381 e. The number of rotatable bonds is 3. The molecule has 0 aliphatic carbocycles. The van der Waals surface area contributed by atoms with E-state index >= 15 is 0 Å². The molecule has 0 saturated carbocycles. The van der Waals surface area contributed by atoms with Crippen molar-refractivity contribution in [3.05, 3.63) is 17.2 Å². The molecule has 4 nitrogen and oxygen atoms in total. The highest BCUT2D eigenvalue weighted by Gasteiger charge is 2.33. The lowest BCUT2D eigenvalue weighted by Gasteiger charge is -2.38. The summed E-state index contributed by atoms with van der Waals surface area (Å²) >= 11 is 7.40. The average molecular weight is 270 g/mol. The Kier molecular flexibility index (Phi) is 2.69. The quantitative estimate of drug-likeness (QED) is 0.931. The molecule has 0 unspecified atom stereocenters. The molecule has 3 rings (SSSR count). The molecule has 0 radical (unpaired) electrons. The van der Waals surface area contributed by atoms with Gasteiger partial charge in [-0.2, -0.15) is 8.75 Å². The summed E-state index contributed by atoms with van der Waals surface area (Å²) in [5, 5.41) is 4.07. The summed E-state index contributed by atoms with van der Waals surface area (Å²) in [6.45, 7) is 4.62. The van der Waals surface area contributed by atoms with Crippen LogP contribution >= 0.6 is 23.3 Å². The third-order valence-electron chi connectivity index (χ3n) is 2.97. The maximum atomic E-state index is 6.19. The molecule has 1 fully saturated rings. The van der Waals surface area contributed by atoms with E-state index in [4.69, 9.17) is 16.3 Å². The Labute approximate surface area is 108 Å². The van der Waals surface area contributed by atoms with Gasteiger partial charge in [-0.25, -0.2) is 0 Å². The van der Waals surface area contributed by atoms with Crippen molar-refractivity contribution in [2.24, 2.45) is 5.41 Å². The first-order chi connectivity index (χ1) is 8.18. The smallest absolute Gasteiger partial charge is 0.129 e. The van der Waals surface area contributed by atoms with Gasteiger partial charge in [-0.05, 0) is 12.1 Å². The Morgan fingerprint density at radius 1 is 1.47 bits per heavy atom. The predicted octanol–water partition coefficient (Wildman–Crippen LogP) is 2.79. The van der Waals surface area contributed by atoms with Gasteiger partial charge in [0.2, 0.25) is 0 Å². The van der Waals surface area contributed by atoms with Crippen molar-refractivity contribution in [3.63, 3.8) is 0 Å². The van der Waals surface area contributed by atoms with E-state index in [1.165, 1.54) is 11.7 Å². The Bertz CT molecular complexity index is 553. The highest BCUT2D eigenvalue weighted by Crippen LogP contribution is 2.32. The number of fused-ring (bicyclic) bond motifs is 1. The van der Waals surface area contributed by atoms with Gasteiger partial charge in [-0.3, -0.25) is 0 Å². The molecule has 2 heterocycles. The van der Waals surface area contributed by atoms with E-state index in [0.717, 1.165) is 36.5 Å². The molecule has 0 amide bonds. The summed E-state index contributed by atoms with van der Waals surface area (Å²) in [5.41, 5.74) is 2.82. The molecule has 1 aromatic carbocycles. The van der Waals surface area contributed by atoms with Gasteiger partial charge in [0.1, 0.15) is 11.0 Å². The van der Waals surface area contributed by atoms with Crippen molar-refractivity contribution >= 4 is 40.0 Å². The van der Waals surface area contributed by atoms with Gasteiger partial charge in [0, 0.05) is 12.0 Å². The van der Waals surface area contributed by atoms with E-state index in [1.54, 1.807) is 0 Å². The van der Waals surface area contributed by atoms with E-state index in [-0.39, 0.29) is 5.41 Å². The standard InChI is InChI=1S/C11H12ClN3OS/c1-11(5-16-6-11)4-13-9-7(12)2-3-8-10(9)15-17-14-8/h2-3,13H,4-6H2,1H3. The number of halogens is 1. The van der Waals surface area contributed by atoms with Gasteiger partial charge in [-0.15, -0.1) is 0 Å². The predicted molar refractivity (Wildman–Crippen MR) is 69.8 cm³/mol. The summed E-state index contributed by atoms with van der Waals surface area (Å²) in [4.78, 5) is 0. The number of aromatic nitrogens is 2. The van der Waals surface area contributed by atoms with Gasteiger partial charge in [0.15, 0.2) is 0 Å². The largest absolute Gasteiger partial charge is 0.381 e. The first-order valence-corrected chi connectivity index (χ1v) is 6.51. The van der Waals surface area contributed by atoms with Crippen molar-refractivity contribution in [3.8, 4) is 0 Å². The molecule has 6 heteroatoms. The van der Waals surface area contributed by atoms with Crippen molar-refractivity contribution in [1.29, 1.82) is 0 Å². The molecule has 1 N–H and O–H groups in total. The first kappa shape index (κ1) is 11.2. The van der Waals surface area contributed by atoms with Crippen LogP contribution in [0.25, 0.3) is 11.0 Å².